The topological polar surface area (TPSA) is 38.8 Å². The van der Waals surface area contributed by atoms with Crippen LogP contribution in [0.1, 0.15) is 53.6 Å². The average Bonchev–Trinajstić information content (AvgIpc) is 3.19. The fourth-order valence-corrected chi connectivity index (χ4v) is 6.16. The summed E-state index contributed by atoms with van der Waals surface area (Å²) in [6, 6.07) is 10.5. The van der Waals surface area contributed by atoms with Crippen LogP contribution in [0.2, 0.25) is 0 Å². The van der Waals surface area contributed by atoms with Crippen molar-refractivity contribution in [1.29, 1.82) is 0 Å². The van der Waals surface area contributed by atoms with Gasteiger partial charge in [-0.3, -0.25) is 9.69 Å². The Labute approximate surface area is 199 Å². The average molecular weight is 478 g/mol. The standard InChI is InChI=1S/C26H29F2NO3.ClH/c1-31-23-10-17-9-18(25(30)22(17)11-24(23)32-2)12-26(28)13-20-6-7-21(14-26)29(20)15-16-4-3-5-19(27)8-16;/h3-5,8,10-11,18,20-21H,6-7,9,12-15H2,1-2H3;1H. The van der Waals surface area contributed by atoms with E-state index in [0.29, 0.717) is 42.9 Å². The normalized spacial score (nSPS) is 28.4. The van der Waals surface area contributed by atoms with Crippen molar-refractivity contribution >= 4 is 18.2 Å². The summed E-state index contributed by atoms with van der Waals surface area (Å²) in [5.41, 5.74) is 1.12. The molecule has 3 atom stereocenters. The first-order valence-electron chi connectivity index (χ1n) is 11.4. The van der Waals surface area contributed by atoms with E-state index in [0.717, 1.165) is 24.0 Å². The number of halogens is 3. The maximum Gasteiger partial charge on any atom is 0.166 e. The minimum atomic E-state index is -1.35. The Morgan fingerprint density at radius 2 is 1.73 bits per heavy atom. The SMILES string of the molecule is COc1cc2c(cc1OC)C(=O)C(CC1(F)CC3CCC(C1)N3Cc1cccc(F)c1)C2.Cl. The molecule has 0 radical (unpaired) electrons. The lowest BCUT2D eigenvalue weighted by molar-refractivity contribution is -0.00656. The van der Waals surface area contributed by atoms with Crippen LogP contribution in [0.5, 0.6) is 11.5 Å². The van der Waals surface area contributed by atoms with E-state index in [1.807, 2.05) is 12.1 Å². The highest BCUT2D eigenvalue weighted by Gasteiger charge is 2.50. The number of methoxy groups -OCH3 is 2. The Kier molecular flexibility index (Phi) is 6.70. The number of rotatable bonds is 6. The second-order valence-electron chi connectivity index (χ2n) is 9.58. The van der Waals surface area contributed by atoms with E-state index in [9.17, 15) is 9.18 Å². The third-order valence-corrected chi connectivity index (χ3v) is 7.55. The van der Waals surface area contributed by atoms with Crippen LogP contribution in [-0.4, -0.2) is 42.7 Å². The highest BCUT2D eigenvalue weighted by Crippen LogP contribution is 2.48. The van der Waals surface area contributed by atoms with E-state index in [4.69, 9.17) is 9.47 Å². The molecule has 0 aromatic heterocycles. The lowest BCUT2D eigenvalue weighted by Gasteiger charge is -2.43. The fourth-order valence-electron chi connectivity index (χ4n) is 6.16. The first kappa shape index (κ1) is 24.0. The zero-order valence-electron chi connectivity index (χ0n) is 19.0. The highest BCUT2D eigenvalue weighted by atomic mass is 35.5. The molecule has 0 amide bonds. The van der Waals surface area contributed by atoms with Crippen LogP contribution in [0.3, 0.4) is 0 Å². The minimum absolute atomic E-state index is 0. The third kappa shape index (κ3) is 4.47. The van der Waals surface area contributed by atoms with Gasteiger partial charge >= 0.3 is 0 Å². The van der Waals surface area contributed by atoms with Crippen LogP contribution in [0.25, 0.3) is 0 Å². The van der Waals surface area contributed by atoms with Crippen molar-refractivity contribution < 1.29 is 23.0 Å². The molecule has 0 N–H and O–H groups in total. The minimum Gasteiger partial charge on any atom is -0.493 e. The van der Waals surface area contributed by atoms with E-state index >= 15 is 4.39 Å². The largest absolute Gasteiger partial charge is 0.493 e. The molecule has 2 saturated heterocycles. The second kappa shape index (κ2) is 9.22. The monoisotopic (exact) mass is 477 g/mol. The number of ketones is 1. The molecule has 2 aromatic carbocycles. The molecule has 0 spiro atoms. The number of carbonyl (C=O) groups is 1. The Morgan fingerprint density at radius 3 is 2.36 bits per heavy atom. The molecule has 178 valence electrons. The Bertz CT molecular complexity index is 1030. The van der Waals surface area contributed by atoms with Crippen LogP contribution in [0.4, 0.5) is 8.78 Å². The zero-order valence-corrected chi connectivity index (χ0v) is 19.8. The summed E-state index contributed by atoms with van der Waals surface area (Å²) in [5, 5.41) is 0. The molecule has 3 unspecified atom stereocenters. The predicted octanol–water partition coefficient (Wildman–Crippen LogP) is 5.55. The molecular formula is C26H30ClF2NO3. The van der Waals surface area contributed by atoms with E-state index in [1.54, 1.807) is 32.4 Å². The van der Waals surface area contributed by atoms with E-state index in [-0.39, 0.29) is 48.4 Å². The van der Waals surface area contributed by atoms with Crippen molar-refractivity contribution in [2.24, 2.45) is 5.92 Å². The summed E-state index contributed by atoms with van der Waals surface area (Å²) in [6.45, 7) is 0.649. The molecule has 0 saturated carbocycles. The number of benzene rings is 2. The summed E-state index contributed by atoms with van der Waals surface area (Å²) in [5.74, 6) is 0.546. The summed E-state index contributed by atoms with van der Waals surface area (Å²) in [4.78, 5) is 15.4. The van der Waals surface area contributed by atoms with E-state index in [2.05, 4.69) is 4.90 Å². The van der Waals surface area contributed by atoms with Crippen molar-refractivity contribution in [2.75, 3.05) is 14.2 Å². The predicted molar refractivity (Wildman–Crippen MR) is 125 cm³/mol. The molecule has 2 fully saturated rings. The Balaban J connectivity index is 0.00000259. The summed E-state index contributed by atoms with van der Waals surface area (Å²) >= 11 is 0. The molecule has 2 aliphatic heterocycles. The van der Waals surface area contributed by atoms with Gasteiger partial charge in [0.15, 0.2) is 17.3 Å². The number of piperidine rings is 1. The van der Waals surface area contributed by atoms with Gasteiger partial charge in [-0.25, -0.2) is 8.78 Å². The van der Waals surface area contributed by atoms with Gasteiger partial charge in [0.25, 0.3) is 0 Å². The number of hydrogen-bond donors (Lipinski definition) is 0. The lowest BCUT2D eigenvalue weighted by Crippen LogP contribution is -2.49. The number of nitrogens with zero attached hydrogens (tertiary/aromatic N) is 1. The van der Waals surface area contributed by atoms with Gasteiger partial charge in [-0.1, -0.05) is 12.1 Å². The van der Waals surface area contributed by atoms with Gasteiger partial charge in [-0.15, -0.1) is 12.4 Å². The second-order valence-corrected chi connectivity index (χ2v) is 9.58. The molecule has 5 rings (SSSR count). The molecule has 4 nitrogen and oxygen atoms in total. The first-order valence-corrected chi connectivity index (χ1v) is 11.4. The molecule has 2 bridgehead atoms. The van der Waals surface area contributed by atoms with Gasteiger partial charge in [-0.2, -0.15) is 0 Å². The molecule has 33 heavy (non-hydrogen) atoms. The smallest absolute Gasteiger partial charge is 0.166 e. The number of carbonyl (C=O) groups excluding carboxylic acids is 1. The van der Waals surface area contributed by atoms with Gasteiger partial charge in [0, 0.05) is 30.1 Å². The van der Waals surface area contributed by atoms with Crippen molar-refractivity contribution in [3.8, 4) is 11.5 Å². The number of ether oxygens (including phenoxy) is 2. The molecule has 3 aliphatic rings. The van der Waals surface area contributed by atoms with Crippen LogP contribution in [0.15, 0.2) is 36.4 Å². The van der Waals surface area contributed by atoms with Gasteiger partial charge in [-0.05, 0) is 73.9 Å². The van der Waals surface area contributed by atoms with Gasteiger partial charge in [0.05, 0.1) is 14.2 Å². The molecule has 1 aliphatic carbocycles. The summed E-state index contributed by atoms with van der Waals surface area (Å²) in [7, 11) is 3.12. The molecule has 2 aromatic rings. The van der Waals surface area contributed by atoms with Crippen molar-refractivity contribution in [3.63, 3.8) is 0 Å². The van der Waals surface area contributed by atoms with E-state index in [1.165, 1.54) is 6.07 Å². The highest BCUT2D eigenvalue weighted by molar-refractivity contribution is 6.03. The number of fused-ring (bicyclic) bond motifs is 3. The number of hydrogen-bond acceptors (Lipinski definition) is 4. The van der Waals surface area contributed by atoms with Crippen LogP contribution in [-0.2, 0) is 13.0 Å². The fraction of sp³-hybridized carbons (Fsp3) is 0.500. The third-order valence-electron chi connectivity index (χ3n) is 7.55. The zero-order chi connectivity index (χ0) is 22.5. The quantitative estimate of drug-likeness (QED) is 0.547. The summed E-state index contributed by atoms with van der Waals surface area (Å²) < 4.78 is 40.4. The first-order chi connectivity index (χ1) is 15.4. The van der Waals surface area contributed by atoms with Gasteiger partial charge in [0.1, 0.15) is 11.5 Å². The molecule has 2 heterocycles. The number of alkyl halides is 1. The molecule has 7 heteroatoms. The Hall–Kier alpha value is -2.18. The van der Waals surface area contributed by atoms with Crippen LogP contribution < -0.4 is 9.47 Å². The Morgan fingerprint density at radius 1 is 1.06 bits per heavy atom. The van der Waals surface area contributed by atoms with Crippen LogP contribution in [0, 0.1) is 11.7 Å². The summed E-state index contributed by atoms with van der Waals surface area (Å²) in [6.07, 6.45) is 3.59. The maximum absolute atomic E-state index is 16.1. The van der Waals surface area contributed by atoms with E-state index < -0.39 is 5.67 Å². The van der Waals surface area contributed by atoms with Crippen molar-refractivity contribution in [2.45, 2.75) is 62.8 Å². The van der Waals surface area contributed by atoms with Crippen molar-refractivity contribution in [3.05, 3.63) is 58.9 Å². The van der Waals surface area contributed by atoms with Crippen molar-refractivity contribution in [1.82, 2.24) is 4.90 Å². The lowest BCUT2D eigenvalue weighted by atomic mass is 9.79. The maximum atomic E-state index is 16.1. The van der Waals surface area contributed by atoms with Crippen LogP contribution >= 0.6 is 12.4 Å². The van der Waals surface area contributed by atoms with Gasteiger partial charge < -0.3 is 9.47 Å². The molecular weight excluding hydrogens is 448 g/mol. The van der Waals surface area contributed by atoms with Gasteiger partial charge in [0.2, 0.25) is 0 Å². The number of Topliss-reactive ketones (excluding diaryl/α,β-unsaturated/α-hetero) is 1.